The van der Waals surface area contributed by atoms with Crippen LogP contribution >= 0.6 is 0 Å². The number of para-hydroxylation sites is 1. The van der Waals surface area contributed by atoms with E-state index < -0.39 is 5.97 Å². The predicted molar refractivity (Wildman–Crippen MR) is 94.1 cm³/mol. The SMILES string of the molecule is CC(C)N(C(=O)COC(=O)CN1CCN(C)C(=O)C1)c1ccccc1. The molecule has 2 rings (SSSR count). The number of hydrogen-bond acceptors (Lipinski definition) is 5. The first-order chi connectivity index (χ1) is 11.9. The van der Waals surface area contributed by atoms with Crippen molar-refractivity contribution >= 4 is 23.5 Å². The van der Waals surface area contributed by atoms with E-state index in [1.165, 1.54) is 0 Å². The molecular weight excluding hydrogens is 322 g/mol. The predicted octanol–water partition coefficient (Wildman–Crippen LogP) is 0.745. The zero-order valence-corrected chi connectivity index (χ0v) is 15.0. The Morgan fingerprint density at radius 3 is 2.48 bits per heavy atom. The van der Waals surface area contributed by atoms with Gasteiger partial charge in [-0.3, -0.25) is 19.3 Å². The van der Waals surface area contributed by atoms with Crippen molar-refractivity contribution in [1.82, 2.24) is 9.80 Å². The lowest BCUT2D eigenvalue weighted by molar-refractivity contribution is -0.150. The number of benzene rings is 1. The van der Waals surface area contributed by atoms with Gasteiger partial charge in [-0.15, -0.1) is 0 Å². The molecule has 0 atom stereocenters. The number of hydrogen-bond donors (Lipinski definition) is 0. The molecule has 0 N–H and O–H groups in total. The summed E-state index contributed by atoms with van der Waals surface area (Å²) in [6.07, 6.45) is 0. The van der Waals surface area contributed by atoms with Gasteiger partial charge in [-0.1, -0.05) is 18.2 Å². The van der Waals surface area contributed by atoms with Crippen molar-refractivity contribution in [2.45, 2.75) is 19.9 Å². The summed E-state index contributed by atoms with van der Waals surface area (Å²) >= 11 is 0. The number of likely N-dealkylation sites (N-methyl/N-ethyl adjacent to an activating group) is 1. The molecule has 0 radical (unpaired) electrons. The van der Waals surface area contributed by atoms with E-state index in [0.717, 1.165) is 5.69 Å². The minimum Gasteiger partial charge on any atom is -0.455 e. The molecule has 0 aromatic heterocycles. The van der Waals surface area contributed by atoms with Crippen LogP contribution in [0.4, 0.5) is 5.69 Å². The Balaban J connectivity index is 1.85. The van der Waals surface area contributed by atoms with Crippen molar-refractivity contribution in [3.8, 4) is 0 Å². The van der Waals surface area contributed by atoms with Crippen LogP contribution in [0.25, 0.3) is 0 Å². The first-order valence-electron chi connectivity index (χ1n) is 8.37. The Kier molecular flexibility index (Phi) is 6.52. The molecule has 136 valence electrons. The van der Waals surface area contributed by atoms with Gasteiger partial charge in [0.05, 0.1) is 13.1 Å². The highest BCUT2D eigenvalue weighted by Crippen LogP contribution is 2.16. The first-order valence-corrected chi connectivity index (χ1v) is 8.37. The van der Waals surface area contributed by atoms with E-state index in [-0.39, 0.29) is 37.6 Å². The molecule has 0 saturated carbocycles. The second kappa shape index (κ2) is 8.62. The lowest BCUT2D eigenvalue weighted by Gasteiger charge is -2.31. The zero-order chi connectivity index (χ0) is 18.4. The molecule has 1 aromatic carbocycles. The number of piperazine rings is 1. The summed E-state index contributed by atoms with van der Waals surface area (Å²) in [5, 5.41) is 0. The molecule has 1 fully saturated rings. The summed E-state index contributed by atoms with van der Waals surface area (Å²) in [6.45, 7) is 4.91. The maximum Gasteiger partial charge on any atom is 0.320 e. The van der Waals surface area contributed by atoms with Gasteiger partial charge >= 0.3 is 5.97 Å². The number of anilines is 1. The molecule has 0 unspecified atom stereocenters. The summed E-state index contributed by atoms with van der Waals surface area (Å²) in [5.41, 5.74) is 0.767. The third-order valence-electron chi connectivity index (χ3n) is 4.07. The number of esters is 1. The van der Waals surface area contributed by atoms with Crippen molar-refractivity contribution in [2.24, 2.45) is 0 Å². The van der Waals surface area contributed by atoms with E-state index in [9.17, 15) is 14.4 Å². The Morgan fingerprint density at radius 1 is 1.20 bits per heavy atom. The van der Waals surface area contributed by atoms with Crippen LogP contribution in [0.3, 0.4) is 0 Å². The van der Waals surface area contributed by atoms with Crippen LogP contribution in [-0.2, 0) is 19.1 Å². The lowest BCUT2D eigenvalue weighted by atomic mass is 10.2. The number of ether oxygens (including phenoxy) is 1. The summed E-state index contributed by atoms with van der Waals surface area (Å²) in [6, 6.07) is 9.22. The normalized spacial score (nSPS) is 15.4. The molecule has 25 heavy (non-hydrogen) atoms. The fourth-order valence-electron chi connectivity index (χ4n) is 2.70. The molecule has 1 saturated heterocycles. The van der Waals surface area contributed by atoms with Crippen LogP contribution < -0.4 is 4.90 Å². The summed E-state index contributed by atoms with van der Waals surface area (Å²) in [5.74, 6) is -0.795. The standard InChI is InChI=1S/C18H25N3O4/c1-14(2)21(15-7-5-4-6-8-15)17(23)13-25-18(24)12-20-10-9-19(3)16(22)11-20/h4-8,14H,9-13H2,1-3H3. The highest BCUT2D eigenvalue weighted by molar-refractivity contribution is 5.95. The Bertz CT molecular complexity index is 618. The van der Waals surface area contributed by atoms with E-state index >= 15 is 0 Å². The largest absolute Gasteiger partial charge is 0.455 e. The molecule has 1 aliphatic rings. The van der Waals surface area contributed by atoms with Crippen molar-refractivity contribution in [3.63, 3.8) is 0 Å². The van der Waals surface area contributed by atoms with Crippen molar-refractivity contribution < 1.29 is 19.1 Å². The molecule has 0 spiro atoms. The minimum atomic E-state index is -0.498. The fourth-order valence-corrected chi connectivity index (χ4v) is 2.70. The van der Waals surface area contributed by atoms with E-state index in [0.29, 0.717) is 13.1 Å². The minimum absolute atomic E-state index is 0.0138. The molecule has 1 aromatic rings. The molecule has 7 nitrogen and oxygen atoms in total. The van der Waals surface area contributed by atoms with Gasteiger partial charge < -0.3 is 14.5 Å². The Labute approximate surface area is 148 Å². The lowest BCUT2D eigenvalue weighted by Crippen LogP contribution is -2.50. The van der Waals surface area contributed by atoms with Gasteiger partial charge in [-0.05, 0) is 26.0 Å². The summed E-state index contributed by atoms with van der Waals surface area (Å²) in [7, 11) is 1.74. The highest BCUT2D eigenvalue weighted by Gasteiger charge is 2.24. The third kappa shape index (κ3) is 5.29. The average Bonchev–Trinajstić information content (AvgIpc) is 2.57. The number of carbonyl (C=O) groups excluding carboxylic acids is 3. The van der Waals surface area contributed by atoms with Gasteiger partial charge in [-0.25, -0.2) is 0 Å². The number of nitrogens with zero attached hydrogens (tertiary/aromatic N) is 3. The second-order valence-electron chi connectivity index (χ2n) is 6.38. The van der Waals surface area contributed by atoms with Crippen LogP contribution in [0.1, 0.15) is 13.8 Å². The summed E-state index contributed by atoms with van der Waals surface area (Å²) < 4.78 is 5.12. The third-order valence-corrected chi connectivity index (χ3v) is 4.07. The highest BCUT2D eigenvalue weighted by atomic mass is 16.5. The van der Waals surface area contributed by atoms with Crippen LogP contribution in [-0.4, -0.2) is 73.5 Å². The van der Waals surface area contributed by atoms with E-state index in [4.69, 9.17) is 4.74 Å². The van der Waals surface area contributed by atoms with Crippen molar-refractivity contribution in [3.05, 3.63) is 30.3 Å². The topological polar surface area (TPSA) is 70.2 Å². The quantitative estimate of drug-likeness (QED) is 0.710. The second-order valence-corrected chi connectivity index (χ2v) is 6.38. The number of carbonyl (C=O) groups is 3. The van der Waals surface area contributed by atoms with E-state index in [2.05, 4.69) is 0 Å². The average molecular weight is 347 g/mol. The maximum atomic E-state index is 12.5. The van der Waals surface area contributed by atoms with Gasteiger partial charge in [0.1, 0.15) is 0 Å². The molecule has 7 heteroatoms. The Hall–Kier alpha value is -2.41. The Morgan fingerprint density at radius 2 is 1.88 bits per heavy atom. The molecule has 1 heterocycles. The van der Waals surface area contributed by atoms with Crippen molar-refractivity contribution in [1.29, 1.82) is 0 Å². The van der Waals surface area contributed by atoms with E-state index in [1.54, 1.807) is 21.7 Å². The van der Waals surface area contributed by atoms with Crippen LogP contribution in [0.5, 0.6) is 0 Å². The maximum absolute atomic E-state index is 12.5. The molecule has 1 aliphatic heterocycles. The van der Waals surface area contributed by atoms with Gasteiger partial charge in [0, 0.05) is 31.9 Å². The monoisotopic (exact) mass is 347 g/mol. The molecular formula is C18H25N3O4. The molecule has 0 bridgehead atoms. The van der Waals surface area contributed by atoms with Gasteiger partial charge in [-0.2, -0.15) is 0 Å². The summed E-state index contributed by atoms with van der Waals surface area (Å²) in [4.78, 5) is 41.0. The first kappa shape index (κ1) is 18.9. The van der Waals surface area contributed by atoms with Crippen molar-refractivity contribution in [2.75, 3.05) is 44.7 Å². The van der Waals surface area contributed by atoms with Crippen LogP contribution in [0.15, 0.2) is 30.3 Å². The molecule has 0 aliphatic carbocycles. The number of amides is 2. The van der Waals surface area contributed by atoms with Crippen LogP contribution in [0.2, 0.25) is 0 Å². The zero-order valence-electron chi connectivity index (χ0n) is 15.0. The number of rotatable bonds is 6. The fraction of sp³-hybridized carbons (Fsp3) is 0.500. The van der Waals surface area contributed by atoms with Gasteiger partial charge in [0.2, 0.25) is 5.91 Å². The van der Waals surface area contributed by atoms with Gasteiger partial charge in [0.15, 0.2) is 6.61 Å². The van der Waals surface area contributed by atoms with E-state index in [1.807, 2.05) is 44.2 Å². The van der Waals surface area contributed by atoms with Crippen LogP contribution in [0, 0.1) is 0 Å². The molecule has 2 amide bonds. The smallest absolute Gasteiger partial charge is 0.320 e. The van der Waals surface area contributed by atoms with Gasteiger partial charge in [0.25, 0.3) is 5.91 Å².